The number of nitrogens with one attached hydrogen (secondary N) is 2. The SMILES string of the molecule is Cc1[nH]nc2ccnc(Nc3ccc4c(c3)CN(C)CC4)c12. The lowest BCUT2D eigenvalue weighted by Gasteiger charge is -2.25. The van der Waals surface area contributed by atoms with E-state index in [9.17, 15) is 0 Å². The molecule has 2 aromatic heterocycles. The fourth-order valence-electron chi connectivity index (χ4n) is 3.12. The summed E-state index contributed by atoms with van der Waals surface area (Å²) in [7, 11) is 2.17. The summed E-state index contributed by atoms with van der Waals surface area (Å²) in [6, 6.07) is 8.53. The Bertz CT molecular complexity index is 836. The maximum absolute atomic E-state index is 4.48. The molecule has 0 radical (unpaired) electrons. The molecule has 0 unspecified atom stereocenters. The molecule has 1 aliphatic rings. The lowest BCUT2D eigenvalue weighted by Crippen LogP contribution is -2.26. The lowest BCUT2D eigenvalue weighted by molar-refractivity contribution is 0.313. The molecule has 5 heteroatoms. The van der Waals surface area contributed by atoms with E-state index in [1.165, 1.54) is 11.1 Å². The van der Waals surface area contributed by atoms with Crippen LogP contribution in [0.2, 0.25) is 0 Å². The fourth-order valence-corrected chi connectivity index (χ4v) is 3.12. The summed E-state index contributed by atoms with van der Waals surface area (Å²) < 4.78 is 0. The highest BCUT2D eigenvalue weighted by molar-refractivity contribution is 5.92. The number of aromatic nitrogens is 3. The molecule has 3 heterocycles. The molecule has 5 nitrogen and oxygen atoms in total. The van der Waals surface area contributed by atoms with Crippen LogP contribution in [-0.2, 0) is 13.0 Å². The molecule has 22 heavy (non-hydrogen) atoms. The Labute approximate surface area is 129 Å². The topological polar surface area (TPSA) is 56.8 Å². The van der Waals surface area contributed by atoms with Gasteiger partial charge in [0, 0.05) is 30.7 Å². The quantitative estimate of drug-likeness (QED) is 0.762. The molecule has 0 saturated heterocycles. The molecule has 0 amide bonds. The van der Waals surface area contributed by atoms with Crippen LogP contribution in [0.5, 0.6) is 0 Å². The van der Waals surface area contributed by atoms with Crippen LogP contribution < -0.4 is 5.32 Å². The van der Waals surface area contributed by atoms with Crippen LogP contribution in [0.4, 0.5) is 11.5 Å². The minimum atomic E-state index is 0.855. The van der Waals surface area contributed by atoms with Gasteiger partial charge in [-0.05, 0) is 49.7 Å². The third-order valence-corrected chi connectivity index (χ3v) is 4.32. The highest BCUT2D eigenvalue weighted by Gasteiger charge is 2.14. The van der Waals surface area contributed by atoms with E-state index in [0.717, 1.165) is 47.6 Å². The Morgan fingerprint density at radius 1 is 1.23 bits per heavy atom. The summed E-state index contributed by atoms with van der Waals surface area (Å²) in [5.74, 6) is 0.855. The van der Waals surface area contributed by atoms with E-state index in [4.69, 9.17) is 0 Å². The summed E-state index contributed by atoms with van der Waals surface area (Å²) in [5, 5.41) is 11.8. The number of fused-ring (bicyclic) bond motifs is 2. The van der Waals surface area contributed by atoms with Crippen molar-refractivity contribution >= 4 is 22.4 Å². The van der Waals surface area contributed by atoms with Crippen molar-refractivity contribution in [1.82, 2.24) is 20.1 Å². The van der Waals surface area contributed by atoms with Gasteiger partial charge in [-0.15, -0.1) is 0 Å². The van der Waals surface area contributed by atoms with Crippen LogP contribution in [0.1, 0.15) is 16.8 Å². The van der Waals surface area contributed by atoms with Gasteiger partial charge in [-0.3, -0.25) is 5.10 Å². The first-order chi connectivity index (χ1) is 10.7. The van der Waals surface area contributed by atoms with E-state index in [-0.39, 0.29) is 0 Å². The third kappa shape index (κ3) is 2.23. The minimum absolute atomic E-state index is 0.855. The first-order valence-electron chi connectivity index (χ1n) is 7.58. The molecule has 112 valence electrons. The average Bonchev–Trinajstić information content (AvgIpc) is 2.89. The van der Waals surface area contributed by atoms with Gasteiger partial charge >= 0.3 is 0 Å². The molecule has 0 fully saturated rings. The maximum Gasteiger partial charge on any atom is 0.141 e. The second-order valence-electron chi connectivity index (χ2n) is 6.00. The number of rotatable bonds is 2. The Balaban J connectivity index is 1.71. The van der Waals surface area contributed by atoms with Crippen molar-refractivity contribution in [2.45, 2.75) is 19.9 Å². The predicted molar refractivity (Wildman–Crippen MR) is 88.4 cm³/mol. The van der Waals surface area contributed by atoms with E-state index in [0.29, 0.717) is 0 Å². The van der Waals surface area contributed by atoms with E-state index in [2.05, 4.69) is 50.6 Å². The number of hydrogen-bond acceptors (Lipinski definition) is 4. The monoisotopic (exact) mass is 293 g/mol. The highest BCUT2D eigenvalue weighted by atomic mass is 15.1. The average molecular weight is 293 g/mol. The van der Waals surface area contributed by atoms with Crippen LogP contribution >= 0.6 is 0 Å². The predicted octanol–water partition coefficient (Wildman–Crippen LogP) is 3.00. The van der Waals surface area contributed by atoms with Crippen LogP contribution in [-0.4, -0.2) is 33.7 Å². The van der Waals surface area contributed by atoms with Gasteiger partial charge in [0.1, 0.15) is 5.82 Å². The number of benzene rings is 1. The molecule has 0 aliphatic carbocycles. The smallest absolute Gasteiger partial charge is 0.141 e. The van der Waals surface area contributed by atoms with Crippen molar-refractivity contribution in [2.75, 3.05) is 18.9 Å². The van der Waals surface area contributed by atoms with Gasteiger partial charge < -0.3 is 10.2 Å². The van der Waals surface area contributed by atoms with Gasteiger partial charge in [-0.2, -0.15) is 5.10 Å². The molecule has 2 N–H and O–H groups in total. The molecule has 0 atom stereocenters. The number of hydrogen-bond donors (Lipinski definition) is 2. The lowest BCUT2D eigenvalue weighted by atomic mass is 9.99. The van der Waals surface area contributed by atoms with Crippen molar-refractivity contribution in [2.24, 2.45) is 0 Å². The Hall–Kier alpha value is -2.40. The Kier molecular flexibility index (Phi) is 3.08. The van der Waals surface area contributed by atoms with Crippen LogP contribution in [0, 0.1) is 6.92 Å². The first kappa shape index (κ1) is 13.3. The minimum Gasteiger partial charge on any atom is -0.340 e. The number of likely N-dealkylation sites (N-methyl/N-ethyl adjacent to an activating group) is 1. The first-order valence-corrected chi connectivity index (χ1v) is 7.58. The van der Waals surface area contributed by atoms with Crippen LogP contribution in [0.25, 0.3) is 10.9 Å². The van der Waals surface area contributed by atoms with Crippen molar-refractivity contribution in [1.29, 1.82) is 0 Å². The van der Waals surface area contributed by atoms with Gasteiger partial charge in [0.25, 0.3) is 0 Å². The zero-order valence-electron chi connectivity index (χ0n) is 12.8. The van der Waals surface area contributed by atoms with E-state index >= 15 is 0 Å². The summed E-state index contributed by atoms with van der Waals surface area (Å²) in [6.07, 6.45) is 2.91. The van der Waals surface area contributed by atoms with Crippen molar-refractivity contribution in [3.05, 3.63) is 47.3 Å². The number of aromatic amines is 1. The fraction of sp³-hybridized carbons (Fsp3) is 0.294. The standard InChI is InChI=1S/C17H19N5/c1-11-16-15(21-20-11)5-7-18-17(16)19-14-4-3-12-6-8-22(2)10-13(12)9-14/h3-5,7,9H,6,8,10H2,1-2H3,(H,18,19)(H,20,21). The summed E-state index contributed by atoms with van der Waals surface area (Å²) in [5.41, 5.74) is 5.90. The van der Waals surface area contributed by atoms with Gasteiger partial charge in [-0.25, -0.2) is 4.98 Å². The number of H-pyrrole nitrogens is 1. The Morgan fingerprint density at radius 2 is 2.14 bits per heavy atom. The number of nitrogens with zero attached hydrogens (tertiary/aromatic N) is 3. The van der Waals surface area contributed by atoms with E-state index < -0.39 is 0 Å². The molecule has 0 bridgehead atoms. The molecule has 1 aliphatic heterocycles. The second kappa shape index (κ2) is 5.10. The summed E-state index contributed by atoms with van der Waals surface area (Å²) in [6.45, 7) is 4.16. The zero-order valence-corrected chi connectivity index (χ0v) is 12.8. The summed E-state index contributed by atoms with van der Waals surface area (Å²) >= 11 is 0. The van der Waals surface area contributed by atoms with E-state index in [1.54, 1.807) is 6.20 Å². The second-order valence-corrected chi connectivity index (χ2v) is 6.00. The molecule has 0 spiro atoms. The number of aryl methyl sites for hydroxylation is 1. The Morgan fingerprint density at radius 3 is 3.05 bits per heavy atom. The van der Waals surface area contributed by atoms with Crippen LogP contribution in [0.15, 0.2) is 30.5 Å². The van der Waals surface area contributed by atoms with Crippen molar-refractivity contribution < 1.29 is 0 Å². The van der Waals surface area contributed by atoms with Gasteiger partial charge in [0.05, 0.1) is 10.9 Å². The normalized spacial score (nSPS) is 15.0. The molecular formula is C17H19N5. The van der Waals surface area contributed by atoms with Crippen LogP contribution in [0.3, 0.4) is 0 Å². The van der Waals surface area contributed by atoms with Crippen molar-refractivity contribution in [3.8, 4) is 0 Å². The van der Waals surface area contributed by atoms with Crippen molar-refractivity contribution in [3.63, 3.8) is 0 Å². The maximum atomic E-state index is 4.48. The molecule has 3 aromatic rings. The number of anilines is 2. The third-order valence-electron chi connectivity index (χ3n) is 4.32. The highest BCUT2D eigenvalue weighted by Crippen LogP contribution is 2.28. The van der Waals surface area contributed by atoms with Gasteiger partial charge in [-0.1, -0.05) is 6.07 Å². The molecule has 0 saturated carbocycles. The molecule has 4 rings (SSSR count). The molecular weight excluding hydrogens is 274 g/mol. The zero-order chi connectivity index (χ0) is 15.1. The van der Waals surface area contributed by atoms with Gasteiger partial charge in [0.15, 0.2) is 0 Å². The summed E-state index contributed by atoms with van der Waals surface area (Å²) in [4.78, 5) is 6.83. The van der Waals surface area contributed by atoms with E-state index in [1.807, 2.05) is 13.0 Å². The molecule has 1 aromatic carbocycles. The largest absolute Gasteiger partial charge is 0.340 e. The van der Waals surface area contributed by atoms with Gasteiger partial charge in [0.2, 0.25) is 0 Å². The number of pyridine rings is 1.